The number of hydrogen-bond acceptors (Lipinski definition) is 4. The van der Waals surface area contributed by atoms with E-state index < -0.39 is 10.0 Å². The Morgan fingerprint density at radius 2 is 1.78 bits per heavy atom. The molecule has 2 aromatic carbocycles. The Morgan fingerprint density at radius 1 is 1.07 bits per heavy atom. The second kappa shape index (κ2) is 7.44. The summed E-state index contributed by atoms with van der Waals surface area (Å²) in [5, 5.41) is 4.50. The molecule has 0 aliphatic carbocycles. The standard InChI is InChI=1S/C20H23N3O3S/c1-14-8-10-19(11-9-14)27(24,25)22-20-15(2)21-23(16(20)3)13-17-6-5-7-18(12-17)26-4/h5-12,22H,13H2,1-4H3. The van der Waals surface area contributed by atoms with Crippen molar-refractivity contribution >= 4 is 15.7 Å². The lowest BCUT2D eigenvalue weighted by molar-refractivity contribution is 0.414. The molecule has 0 amide bonds. The Labute approximate surface area is 159 Å². The summed E-state index contributed by atoms with van der Waals surface area (Å²) in [7, 11) is -2.04. The number of methoxy groups -OCH3 is 1. The van der Waals surface area contributed by atoms with Crippen LogP contribution in [0.3, 0.4) is 0 Å². The lowest BCUT2D eigenvalue weighted by Gasteiger charge is -2.10. The van der Waals surface area contributed by atoms with Crippen molar-refractivity contribution in [3.63, 3.8) is 0 Å². The van der Waals surface area contributed by atoms with Crippen LogP contribution >= 0.6 is 0 Å². The Kier molecular flexibility index (Phi) is 5.23. The highest BCUT2D eigenvalue weighted by Crippen LogP contribution is 2.24. The molecule has 6 nitrogen and oxygen atoms in total. The van der Waals surface area contributed by atoms with E-state index in [2.05, 4.69) is 9.82 Å². The number of hydrogen-bond donors (Lipinski definition) is 1. The quantitative estimate of drug-likeness (QED) is 0.703. The number of rotatable bonds is 6. The summed E-state index contributed by atoms with van der Waals surface area (Å²) >= 11 is 0. The molecule has 0 aliphatic rings. The zero-order valence-electron chi connectivity index (χ0n) is 15.9. The van der Waals surface area contributed by atoms with Gasteiger partial charge in [0.25, 0.3) is 10.0 Å². The monoisotopic (exact) mass is 385 g/mol. The molecule has 1 heterocycles. The minimum atomic E-state index is -3.67. The van der Waals surface area contributed by atoms with E-state index in [0.717, 1.165) is 22.6 Å². The van der Waals surface area contributed by atoms with Crippen molar-refractivity contribution in [3.8, 4) is 5.75 Å². The van der Waals surface area contributed by atoms with Gasteiger partial charge in [-0.3, -0.25) is 9.40 Å². The minimum absolute atomic E-state index is 0.229. The van der Waals surface area contributed by atoms with Crippen molar-refractivity contribution in [1.29, 1.82) is 0 Å². The fourth-order valence-electron chi connectivity index (χ4n) is 2.85. The summed E-state index contributed by atoms with van der Waals surface area (Å²) in [6, 6.07) is 14.5. The summed E-state index contributed by atoms with van der Waals surface area (Å²) in [5.41, 5.74) is 3.93. The number of anilines is 1. The maximum Gasteiger partial charge on any atom is 0.262 e. The highest BCUT2D eigenvalue weighted by molar-refractivity contribution is 7.92. The zero-order valence-corrected chi connectivity index (χ0v) is 16.7. The second-order valence-corrected chi connectivity index (χ2v) is 8.16. The van der Waals surface area contributed by atoms with Gasteiger partial charge in [-0.2, -0.15) is 5.10 Å². The van der Waals surface area contributed by atoms with Gasteiger partial charge in [0, 0.05) is 0 Å². The van der Waals surface area contributed by atoms with Crippen LogP contribution in [0.15, 0.2) is 53.4 Å². The molecule has 7 heteroatoms. The van der Waals surface area contributed by atoms with Crippen LogP contribution in [0.5, 0.6) is 5.75 Å². The van der Waals surface area contributed by atoms with E-state index in [4.69, 9.17) is 4.74 Å². The normalized spacial score (nSPS) is 11.4. The van der Waals surface area contributed by atoms with Gasteiger partial charge in [-0.15, -0.1) is 0 Å². The lowest BCUT2D eigenvalue weighted by Crippen LogP contribution is -2.14. The van der Waals surface area contributed by atoms with Gasteiger partial charge in [0.1, 0.15) is 5.75 Å². The second-order valence-electron chi connectivity index (χ2n) is 6.47. The van der Waals surface area contributed by atoms with Crippen LogP contribution in [0, 0.1) is 20.8 Å². The molecule has 27 heavy (non-hydrogen) atoms. The average molecular weight is 385 g/mol. The van der Waals surface area contributed by atoms with Crippen LogP contribution in [-0.4, -0.2) is 25.3 Å². The number of benzene rings is 2. The molecule has 3 rings (SSSR count). The molecule has 0 spiro atoms. The number of nitrogens with one attached hydrogen (secondary N) is 1. The first-order valence-corrected chi connectivity index (χ1v) is 10.0. The van der Waals surface area contributed by atoms with Crippen molar-refractivity contribution < 1.29 is 13.2 Å². The largest absolute Gasteiger partial charge is 0.497 e. The van der Waals surface area contributed by atoms with E-state index >= 15 is 0 Å². The van der Waals surface area contributed by atoms with Crippen LogP contribution < -0.4 is 9.46 Å². The summed E-state index contributed by atoms with van der Waals surface area (Å²) in [6.07, 6.45) is 0. The number of aromatic nitrogens is 2. The predicted molar refractivity (Wildman–Crippen MR) is 106 cm³/mol. The predicted octanol–water partition coefficient (Wildman–Crippen LogP) is 3.67. The SMILES string of the molecule is COc1cccc(Cn2nc(C)c(NS(=O)(=O)c3ccc(C)cc3)c2C)c1. The molecule has 0 atom stereocenters. The Balaban J connectivity index is 1.88. The smallest absolute Gasteiger partial charge is 0.262 e. The Hall–Kier alpha value is -2.80. The third-order valence-corrected chi connectivity index (χ3v) is 5.78. The van der Waals surface area contributed by atoms with E-state index in [-0.39, 0.29) is 4.90 Å². The molecule has 0 unspecified atom stereocenters. The zero-order chi connectivity index (χ0) is 19.6. The van der Waals surface area contributed by atoms with Crippen molar-refractivity contribution in [2.45, 2.75) is 32.2 Å². The molecule has 0 radical (unpaired) electrons. The third kappa shape index (κ3) is 4.14. The van der Waals surface area contributed by atoms with Gasteiger partial charge in [-0.25, -0.2) is 8.42 Å². The van der Waals surface area contributed by atoms with Gasteiger partial charge in [-0.05, 0) is 50.6 Å². The first-order chi connectivity index (χ1) is 12.8. The average Bonchev–Trinajstić information content (AvgIpc) is 2.89. The van der Waals surface area contributed by atoms with E-state index in [1.807, 2.05) is 38.1 Å². The van der Waals surface area contributed by atoms with Crippen LogP contribution in [0.4, 0.5) is 5.69 Å². The number of sulfonamides is 1. The van der Waals surface area contributed by atoms with Gasteiger partial charge in [0.2, 0.25) is 0 Å². The molecule has 1 N–H and O–H groups in total. The molecule has 0 bridgehead atoms. The Morgan fingerprint density at radius 3 is 2.44 bits per heavy atom. The van der Waals surface area contributed by atoms with E-state index in [1.165, 1.54) is 0 Å². The fourth-order valence-corrected chi connectivity index (χ4v) is 4.03. The third-order valence-electron chi connectivity index (χ3n) is 4.42. The maximum atomic E-state index is 12.7. The molecular weight excluding hydrogens is 362 g/mol. The fraction of sp³-hybridized carbons (Fsp3) is 0.250. The molecule has 142 valence electrons. The van der Waals surface area contributed by atoms with Crippen molar-refractivity contribution in [3.05, 3.63) is 71.0 Å². The van der Waals surface area contributed by atoms with Crippen molar-refractivity contribution in [1.82, 2.24) is 9.78 Å². The summed E-state index contributed by atoms with van der Waals surface area (Å²) in [4.78, 5) is 0.229. The van der Waals surface area contributed by atoms with Crippen LogP contribution in [0.25, 0.3) is 0 Å². The molecule has 1 aromatic heterocycles. The van der Waals surface area contributed by atoms with E-state index in [9.17, 15) is 8.42 Å². The van der Waals surface area contributed by atoms with Crippen LogP contribution in [-0.2, 0) is 16.6 Å². The number of nitrogens with zero attached hydrogens (tertiary/aromatic N) is 2. The highest BCUT2D eigenvalue weighted by atomic mass is 32.2. The summed E-state index contributed by atoms with van der Waals surface area (Å²) < 4.78 is 35.1. The van der Waals surface area contributed by atoms with Crippen molar-refractivity contribution in [2.24, 2.45) is 0 Å². The van der Waals surface area contributed by atoms with E-state index in [1.54, 1.807) is 43.0 Å². The van der Waals surface area contributed by atoms with Gasteiger partial charge in [0.15, 0.2) is 0 Å². The van der Waals surface area contributed by atoms with Gasteiger partial charge in [0.05, 0.1) is 35.6 Å². The highest BCUT2D eigenvalue weighted by Gasteiger charge is 2.20. The summed E-state index contributed by atoms with van der Waals surface area (Å²) in [6.45, 7) is 6.09. The Bertz CT molecular complexity index is 1050. The first-order valence-electron chi connectivity index (χ1n) is 8.56. The van der Waals surface area contributed by atoms with Crippen molar-refractivity contribution in [2.75, 3.05) is 11.8 Å². The molecule has 0 saturated heterocycles. The molecule has 0 fully saturated rings. The number of aryl methyl sites for hydroxylation is 2. The first kappa shape index (κ1) is 19.0. The minimum Gasteiger partial charge on any atom is -0.497 e. The molecule has 0 saturated carbocycles. The van der Waals surface area contributed by atoms with Gasteiger partial charge >= 0.3 is 0 Å². The summed E-state index contributed by atoms with van der Waals surface area (Å²) in [5.74, 6) is 0.773. The lowest BCUT2D eigenvalue weighted by atomic mass is 10.2. The van der Waals surface area contributed by atoms with E-state index in [0.29, 0.717) is 17.9 Å². The topological polar surface area (TPSA) is 73.2 Å². The molecule has 0 aliphatic heterocycles. The molecule has 3 aromatic rings. The maximum absolute atomic E-state index is 12.7. The van der Waals surface area contributed by atoms with Gasteiger partial charge in [-0.1, -0.05) is 29.8 Å². The molecular formula is C20H23N3O3S. The van der Waals surface area contributed by atoms with Crippen LogP contribution in [0.2, 0.25) is 0 Å². The van der Waals surface area contributed by atoms with Gasteiger partial charge < -0.3 is 4.74 Å². The van der Waals surface area contributed by atoms with Crippen LogP contribution in [0.1, 0.15) is 22.5 Å². The number of ether oxygens (including phenoxy) is 1.